The predicted octanol–water partition coefficient (Wildman–Crippen LogP) is 4.31. The van der Waals surface area contributed by atoms with E-state index in [1.54, 1.807) is 0 Å². The molecule has 0 aromatic rings. The number of carbonyl (C=O) groups excluding carboxylic acids is 1. The Balaban J connectivity index is 3.52. The van der Waals surface area contributed by atoms with Crippen LogP contribution in [-0.2, 0) is 19.6 Å². The fourth-order valence-corrected chi connectivity index (χ4v) is 2.63. The second-order valence-electron chi connectivity index (χ2n) is 5.35. The summed E-state index contributed by atoms with van der Waals surface area (Å²) in [5.41, 5.74) is 0. The lowest BCUT2D eigenvalue weighted by Crippen LogP contribution is -2.39. The third-order valence-electron chi connectivity index (χ3n) is 3.32. The van der Waals surface area contributed by atoms with Crippen molar-refractivity contribution in [2.75, 3.05) is 11.9 Å². The summed E-state index contributed by atoms with van der Waals surface area (Å²) in [6, 6.07) is 0. The molecule has 0 saturated carbocycles. The van der Waals surface area contributed by atoms with E-state index < -0.39 is 21.3 Å². The summed E-state index contributed by atoms with van der Waals surface area (Å²) in [5.74, 6) is -2.23. The number of halogens is 3. The quantitative estimate of drug-likeness (QED) is 0.195. The Labute approximate surface area is 145 Å². The first-order chi connectivity index (χ1) is 10.7. The molecule has 138 valence electrons. The summed E-state index contributed by atoms with van der Waals surface area (Å²) in [6.07, 6.45) is 10.2. The maximum absolute atomic E-state index is 12.8. The lowest BCUT2D eigenvalue weighted by molar-refractivity contribution is -0.161. The Morgan fingerprint density at radius 1 is 0.913 bits per heavy atom. The topological polar surface area (TPSA) is 80.7 Å². The summed E-state index contributed by atoms with van der Waals surface area (Å²) < 4.78 is 58.7. The van der Waals surface area contributed by atoms with Crippen molar-refractivity contribution in [1.82, 2.24) is 0 Å². The highest BCUT2D eigenvalue weighted by molar-refractivity contribution is 9.09. The summed E-state index contributed by atoms with van der Waals surface area (Å²) in [6.45, 7) is -0.281. The third kappa shape index (κ3) is 10.2. The van der Waals surface area contributed by atoms with Gasteiger partial charge in [0.2, 0.25) is 0 Å². The first-order valence-electron chi connectivity index (χ1n) is 7.81. The molecular weight excluding hydrogens is 398 g/mol. The highest BCUT2D eigenvalue weighted by Gasteiger charge is 2.54. The van der Waals surface area contributed by atoms with Crippen molar-refractivity contribution < 1.29 is 31.3 Å². The van der Waals surface area contributed by atoms with Gasteiger partial charge in [-0.25, -0.2) is 4.79 Å². The summed E-state index contributed by atoms with van der Waals surface area (Å²) in [7, 11) is -5.78. The van der Waals surface area contributed by atoms with Crippen molar-refractivity contribution in [1.29, 1.82) is 0 Å². The van der Waals surface area contributed by atoms with Gasteiger partial charge in [-0.15, -0.1) is 0 Å². The standard InChI is InChI=1S/C14H25BrF2O5S/c15-11-9-7-5-3-1-2-4-6-8-10-12-22-13(18)14(16,17)23(19,20)21/h1-12H2,(H,19,20,21). The minimum absolute atomic E-state index is 0.281. The van der Waals surface area contributed by atoms with Gasteiger partial charge >= 0.3 is 21.3 Å². The molecule has 0 rings (SSSR count). The third-order valence-corrected chi connectivity index (χ3v) is 4.70. The van der Waals surface area contributed by atoms with E-state index in [-0.39, 0.29) is 6.61 Å². The molecular formula is C14H25BrF2O5S. The van der Waals surface area contributed by atoms with E-state index in [4.69, 9.17) is 4.55 Å². The Bertz CT molecular complexity index is 429. The second-order valence-corrected chi connectivity index (χ2v) is 7.61. The maximum atomic E-state index is 12.8. The molecule has 9 heteroatoms. The van der Waals surface area contributed by atoms with Gasteiger partial charge in [0, 0.05) is 5.33 Å². The number of hydrogen-bond acceptors (Lipinski definition) is 4. The number of ether oxygens (including phenoxy) is 1. The van der Waals surface area contributed by atoms with E-state index in [0.717, 1.165) is 24.6 Å². The van der Waals surface area contributed by atoms with Crippen LogP contribution < -0.4 is 0 Å². The Hall–Kier alpha value is -0.280. The molecule has 23 heavy (non-hydrogen) atoms. The van der Waals surface area contributed by atoms with Gasteiger partial charge < -0.3 is 4.74 Å². The normalized spacial score (nSPS) is 12.3. The van der Waals surface area contributed by atoms with Gasteiger partial charge in [-0.3, -0.25) is 4.55 Å². The number of unbranched alkanes of at least 4 members (excludes halogenated alkanes) is 9. The highest BCUT2D eigenvalue weighted by Crippen LogP contribution is 2.22. The highest BCUT2D eigenvalue weighted by atomic mass is 79.9. The molecule has 0 atom stereocenters. The maximum Gasteiger partial charge on any atom is 0.465 e. The average Bonchev–Trinajstić information content (AvgIpc) is 2.47. The van der Waals surface area contributed by atoms with Gasteiger partial charge in [-0.1, -0.05) is 67.3 Å². The molecule has 0 aromatic carbocycles. The van der Waals surface area contributed by atoms with E-state index in [9.17, 15) is 22.0 Å². The van der Waals surface area contributed by atoms with Crippen molar-refractivity contribution in [3.63, 3.8) is 0 Å². The summed E-state index contributed by atoms with van der Waals surface area (Å²) >= 11 is 3.39. The van der Waals surface area contributed by atoms with Crippen LogP contribution in [0.15, 0.2) is 0 Å². The van der Waals surface area contributed by atoms with Crippen molar-refractivity contribution in [2.24, 2.45) is 0 Å². The zero-order valence-corrected chi connectivity index (χ0v) is 15.5. The number of alkyl halides is 3. The number of hydrogen-bond donors (Lipinski definition) is 1. The molecule has 0 heterocycles. The summed E-state index contributed by atoms with van der Waals surface area (Å²) in [4.78, 5) is 10.9. The SMILES string of the molecule is O=C(OCCCCCCCCCCCCBr)C(F)(F)S(=O)(=O)O. The zero-order valence-electron chi connectivity index (χ0n) is 13.1. The summed E-state index contributed by atoms with van der Waals surface area (Å²) in [5, 5.41) is -3.85. The second kappa shape index (κ2) is 12.1. The monoisotopic (exact) mass is 422 g/mol. The number of esters is 1. The minimum Gasteiger partial charge on any atom is -0.460 e. The predicted molar refractivity (Wildman–Crippen MR) is 87.4 cm³/mol. The zero-order chi connectivity index (χ0) is 17.8. The van der Waals surface area contributed by atoms with Crippen LogP contribution in [-0.4, -0.2) is 36.1 Å². The molecule has 0 fully saturated rings. The van der Waals surface area contributed by atoms with E-state index in [2.05, 4.69) is 20.7 Å². The van der Waals surface area contributed by atoms with Crippen LogP contribution in [0.5, 0.6) is 0 Å². The average molecular weight is 423 g/mol. The van der Waals surface area contributed by atoms with E-state index in [1.807, 2.05) is 0 Å². The first kappa shape index (κ1) is 22.7. The van der Waals surface area contributed by atoms with Gasteiger partial charge in [-0.05, 0) is 12.8 Å². The van der Waals surface area contributed by atoms with Crippen molar-refractivity contribution in [2.45, 2.75) is 69.5 Å². The number of carbonyl (C=O) groups is 1. The van der Waals surface area contributed by atoms with Crippen molar-refractivity contribution in [3.05, 3.63) is 0 Å². The van der Waals surface area contributed by atoms with Crippen LogP contribution in [0.3, 0.4) is 0 Å². The molecule has 0 saturated heterocycles. The minimum atomic E-state index is -5.78. The van der Waals surface area contributed by atoms with Gasteiger partial charge in [0.05, 0.1) is 6.61 Å². The fraction of sp³-hybridized carbons (Fsp3) is 0.929. The van der Waals surface area contributed by atoms with E-state index in [1.165, 1.54) is 32.1 Å². The smallest absolute Gasteiger partial charge is 0.460 e. The van der Waals surface area contributed by atoms with Crippen molar-refractivity contribution >= 4 is 32.0 Å². The van der Waals surface area contributed by atoms with E-state index >= 15 is 0 Å². The molecule has 0 amide bonds. The molecule has 5 nitrogen and oxygen atoms in total. The molecule has 0 aromatic heterocycles. The van der Waals surface area contributed by atoms with Gasteiger partial charge in [0.15, 0.2) is 0 Å². The lowest BCUT2D eigenvalue weighted by atomic mass is 10.1. The molecule has 1 N–H and O–H groups in total. The van der Waals surface area contributed by atoms with Gasteiger partial charge in [-0.2, -0.15) is 17.2 Å². The molecule has 0 unspecified atom stereocenters. The van der Waals surface area contributed by atoms with Gasteiger partial charge in [0.25, 0.3) is 0 Å². The van der Waals surface area contributed by atoms with E-state index in [0.29, 0.717) is 12.8 Å². The molecule has 0 aliphatic rings. The molecule has 0 radical (unpaired) electrons. The Morgan fingerprint density at radius 3 is 1.70 bits per heavy atom. The van der Waals surface area contributed by atoms with Crippen molar-refractivity contribution in [3.8, 4) is 0 Å². The van der Waals surface area contributed by atoms with Crippen LogP contribution in [0.2, 0.25) is 0 Å². The Kier molecular flexibility index (Phi) is 12.0. The lowest BCUT2D eigenvalue weighted by Gasteiger charge is -2.11. The van der Waals surface area contributed by atoms with Crippen LogP contribution in [0.25, 0.3) is 0 Å². The van der Waals surface area contributed by atoms with Crippen LogP contribution in [0.4, 0.5) is 8.78 Å². The van der Waals surface area contributed by atoms with Crippen LogP contribution in [0, 0.1) is 0 Å². The van der Waals surface area contributed by atoms with Crippen LogP contribution >= 0.6 is 15.9 Å². The fourth-order valence-electron chi connectivity index (χ4n) is 1.96. The molecule has 0 aliphatic heterocycles. The van der Waals surface area contributed by atoms with Gasteiger partial charge in [0.1, 0.15) is 0 Å². The molecule has 0 bridgehead atoms. The number of rotatable bonds is 14. The molecule has 0 aliphatic carbocycles. The Morgan fingerprint density at radius 2 is 1.30 bits per heavy atom. The largest absolute Gasteiger partial charge is 0.465 e. The van der Waals surface area contributed by atoms with Crippen LogP contribution in [0.1, 0.15) is 64.2 Å². The molecule has 0 spiro atoms. The first-order valence-corrected chi connectivity index (χ1v) is 10.4.